The van der Waals surface area contributed by atoms with E-state index in [-0.39, 0.29) is 0 Å². The Morgan fingerprint density at radius 1 is 1.32 bits per heavy atom. The van der Waals surface area contributed by atoms with Gasteiger partial charge in [0.15, 0.2) is 0 Å². The Balaban J connectivity index is 2.02. The summed E-state index contributed by atoms with van der Waals surface area (Å²) < 4.78 is 37.1. The number of aromatic nitrogens is 1. The molecule has 0 aromatic carbocycles. The lowest BCUT2D eigenvalue weighted by atomic mass is 9.89. The predicted molar refractivity (Wildman–Crippen MR) is 67.9 cm³/mol. The maximum absolute atomic E-state index is 12.4. The lowest BCUT2D eigenvalue weighted by Gasteiger charge is -2.19. The number of hydrogen-bond acceptors (Lipinski definition) is 3. The fraction of sp³-hybridized carbons (Fsp3) is 0.538. The number of pyridine rings is 1. The first kappa shape index (κ1) is 13.8. The lowest BCUT2D eigenvalue weighted by Crippen LogP contribution is -2.17. The van der Waals surface area contributed by atoms with Gasteiger partial charge in [-0.05, 0) is 37.3 Å². The minimum absolute atomic E-state index is 0.332. The van der Waals surface area contributed by atoms with Crippen LogP contribution in [0.3, 0.4) is 0 Å². The monoisotopic (exact) mass is 271 g/mol. The topological polar surface area (TPSA) is 37.3 Å². The molecular formula is C13H16F3N3. The van der Waals surface area contributed by atoms with Crippen LogP contribution in [0.4, 0.5) is 19.0 Å². The molecule has 1 aromatic rings. The van der Waals surface area contributed by atoms with Crippen LogP contribution >= 0.6 is 0 Å². The van der Waals surface area contributed by atoms with Crippen molar-refractivity contribution < 1.29 is 13.2 Å². The second-order valence-electron chi connectivity index (χ2n) is 4.79. The van der Waals surface area contributed by atoms with Crippen molar-refractivity contribution in [1.82, 2.24) is 4.98 Å². The summed E-state index contributed by atoms with van der Waals surface area (Å²) in [4.78, 5) is 3.72. The maximum Gasteiger partial charge on any atom is 0.417 e. The molecule has 0 saturated heterocycles. The number of hydrazone groups is 1. The van der Waals surface area contributed by atoms with Crippen molar-refractivity contribution in [2.45, 2.75) is 38.8 Å². The molecule has 0 spiro atoms. The molecule has 1 heterocycles. The maximum atomic E-state index is 12.4. The van der Waals surface area contributed by atoms with Gasteiger partial charge < -0.3 is 0 Å². The highest BCUT2D eigenvalue weighted by Gasteiger charge is 2.30. The average molecular weight is 271 g/mol. The molecule has 1 atom stereocenters. The van der Waals surface area contributed by atoms with Gasteiger partial charge >= 0.3 is 6.18 Å². The molecule has 1 aliphatic carbocycles. The molecule has 19 heavy (non-hydrogen) atoms. The van der Waals surface area contributed by atoms with Crippen molar-refractivity contribution in [1.29, 1.82) is 0 Å². The minimum Gasteiger partial charge on any atom is -0.261 e. The molecule has 1 aliphatic rings. The summed E-state index contributed by atoms with van der Waals surface area (Å²) in [6.45, 7) is 2.11. The van der Waals surface area contributed by atoms with Gasteiger partial charge in [0.2, 0.25) is 0 Å². The normalized spacial score (nSPS) is 22.5. The highest BCUT2D eigenvalue weighted by atomic mass is 19.4. The first-order chi connectivity index (χ1) is 8.97. The fourth-order valence-electron chi connectivity index (χ4n) is 2.09. The van der Waals surface area contributed by atoms with Gasteiger partial charge in [-0.1, -0.05) is 13.3 Å². The molecule has 0 unspecified atom stereocenters. The zero-order valence-electron chi connectivity index (χ0n) is 10.7. The SMILES string of the molecule is C[C@@H]1CCCC/C1=N/Nc1ccc(C(F)(F)F)cn1. The Bertz CT molecular complexity index is 451. The van der Waals surface area contributed by atoms with Crippen LogP contribution in [0.2, 0.25) is 0 Å². The minimum atomic E-state index is -4.35. The van der Waals surface area contributed by atoms with E-state index in [0.29, 0.717) is 11.7 Å². The third-order valence-electron chi connectivity index (χ3n) is 3.29. The number of anilines is 1. The lowest BCUT2D eigenvalue weighted by molar-refractivity contribution is -0.137. The Hall–Kier alpha value is -1.59. The van der Waals surface area contributed by atoms with Crippen molar-refractivity contribution in [3.8, 4) is 0 Å². The molecule has 2 rings (SSSR count). The Morgan fingerprint density at radius 2 is 2.11 bits per heavy atom. The zero-order valence-corrected chi connectivity index (χ0v) is 10.7. The van der Waals surface area contributed by atoms with Crippen molar-refractivity contribution >= 4 is 11.5 Å². The molecule has 0 bridgehead atoms. The smallest absolute Gasteiger partial charge is 0.261 e. The summed E-state index contributed by atoms with van der Waals surface area (Å²) in [5.41, 5.74) is 3.04. The van der Waals surface area contributed by atoms with Gasteiger partial charge in [-0.3, -0.25) is 5.43 Å². The Labute approximate surface area is 109 Å². The molecular weight excluding hydrogens is 255 g/mol. The van der Waals surface area contributed by atoms with Crippen molar-refractivity contribution in [3.63, 3.8) is 0 Å². The molecule has 1 saturated carbocycles. The molecule has 6 heteroatoms. The molecule has 1 fully saturated rings. The summed E-state index contributed by atoms with van der Waals surface area (Å²) in [5.74, 6) is 0.758. The number of rotatable bonds is 2. The van der Waals surface area contributed by atoms with Gasteiger partial charge in [-0.15, -0.1) is 0 Å². The second kappa shape index (κ2) is 5.59. The summed E-state index contributed by atoms with van der Waals surface area (Å²) in [5, 5.41) is 4.25. The van der Waals surface area contributed by atoms with Crippen molar-refractivity contribution in [2.24, 2.45) is 11.0 Å². The van der Waals surface area contributed by atoms with Crippen LogP contribution < -0.4 is 5.43 Å². The molecule has 1 aromatic heterocycles. The van der Waals surface area contributed by atoms with E-state index in [1.165, 1.54) is 12.5 Å². The molecule has 3 nitrogen and oxygen atoms in total. The van der Waals surface area contributed by atoms with Crippen LogP contribution in [0.1, 0.15) is 38.2 Å². The van der Waals surface area contributed by atoms with Gasteiger partial charge in [-0.2, -0.15) is 18.3 Å². The van der Waals surface area contributed by atoms with E-state index in [9.17, 15) is 13.2 Å². The third kappa shape index (κ3) is 3.68. The van der Waals surface area contributed by atoms with Crippen LogP contribution in [-0.2, 0) is 6.18 Å². The number of nitrogens with one attached hydrogen (secondary N) is 1. The van der Waals surface area contributed by atoms with Crippen molar-refractivity contribution in [2.75, 3.05) is 5.43 Å². The van der Waals surface area contributed by atoms with Gasteiger partial charge in [0.25, 0.3) is 0 Å². The number of nitrogens with zero attached hydrogens (tertiary/aromatic N) is 2. The van der Waals surface area contributed by atoms with Gasteiger partial charge in [0, 0.05) is 11.9 Å². The first-order valence-electron chi connectivity index (χ1n) is 6.32. The molecule has 0 amide bonds. The van der Waals surface area contributed by atoms with E-state index in [1.807, 2.05) is 0 Å². The standard InChI is InChI=1S/C13H16F3N3/c1-9-4-2-3-5-11(9)18-19-12-7-6-10(8-17-12)13(14,15)16/h6-9H,2-5H2,1H3,(H,17,19)/b18-11-/t9-/m1/s1. The van der Waals surface area contributed by atoms with Crippen LogP contribution in [0.15, 0.2) is 23.4 Å². The van der Waals surface area contributed by atoms with E-state index in [4.69, 9.17) is 0 Å². The predicted octanol–water partition coefficient (Wildman–Crippen LogP) is 4.08. The highest BCUT2D eigenvalue weighted by Crippen LogP contribution is 2.29. The summed E-state index contributed by atoms with van der Waals surface area (Å²) >= 11 is 0. The van der Waals surface area contributed by atoms with Crippen LogP contribution in [0, 0.1) is 5.92 Å². The molecule has 0 radical (unpaired) electrons. The number of halogens is 3. The first-order valence-corrected chi connectivity index (χ1v) is 6.32. The van der Waals surface area contributed by atoms with Gasteiger partial charge in [0.1, 0.15) is 5.82 Å². The van der Waals surface area contributed by atoms with E-state index < -0.39 is 11.7 Å². The Kier molecular flexibility index (Phi) is 4.07. The van der Waals surface area contributed by atoms with Gasteiger partial charge in [-0.25, -0.2) is 4.98 Å². The van der Waals surface area contributed by atoms with Crippen LogP contribution in [-0.4, -0.2) is 10.7 Å². The summed E-state index contributed by atoms with van der Waals surface area (Å²) in [6, 6.07) is 2.29. The summed E-state index contributed by atoms with van der Waals surface area (Å²) in [7, 11) is 0. The number of hydrogen-bond donors (Lipinski definition) is 1. The molecule has 104 valence electrons. The highest BCUT2D eigenvalue weighted by molar-refractivity contribution is 5.87. The number of alkyl halides is 3. The van der Waals surface area contributed by atoms with E-state index in [0.717, 1.165) is 37.2 Å². The quantitative estimate of drug-likeness (QED) is 0.823. The van der Waals surface area contributed by atoms with E-state index in [1.54, 1.807) is 0 Å². The Morgan fingerprint density at radius 3 is 2.68 bits per heavy atom. The van der Waals surface area contributed by atoms with E-state index >= 15 is 0 Å². The fourth-order valence-corrected chi connectivity index (χ4v) is 2.09. The molecule has 0 aliphatic heterocycles. The zero-order chi connectivity index (χ0) is 13.9. The average Bonchev–Trinajstić information content (AvgIpc) is 2.37. The van der Waals surface area contributed by atoms with E-state index in [2.05, 4.69) is 22.4 Å². The largest absolute Gasteiger partial charge is 0.417 e. The summed E-state index contributed by atoms with van der Waals surface area (Å²) in [6.07, 6.45) is 0.835. The van der Waals surface area contributed by atoms with Gasteiger partial charge in [0.05, 0.1) is 5.56 Å². The molecule has 1 N–H and O–H groups in total. The van der Waals surface area contributed by atoms with Crippen LogP contribution in [0.5, 0.6) is 0 Å². The third-order valence-corrected chi connectivity index (χ3v) is 3.29. The van der Waals surface area contributed by atoms with Crippen molar-refractivity contribution in [3.05, 3.63) is 23.9 Å². The van der Waals surface area contributed by atoms with Crippen LogP contribution in [0.25, 0.3) is 0 Å². The second-order valence-corrected chi connectivity index (χ2v) is 4.79.